The maximum absolute atomic E-state index is 12.7. The molecule has 1 amide bonds. The zero-order valence-corrected chi connectivity index (χ0v) is 18.0. The fraction of sp³-hybridized carbons (Fsp3) is 0.455. The summed E-state index contributed by atoms with van der Waals surface area (Å²) >= 11 is 6.56. The SMILES string of the molecule is COc1ccc(N2CCCN(c3ncc(C(=O)N4CCOCC4)cc3Cl)CC2)cc1. The molecule has 0 atom stereocenters. The number of carbonyl (C=O) groups excluding carboxylic acids is 1. The van der Waals surface area contributed by atoms with Crippen LogP contribution in [-0.2, 0) is 4.74 Å². The average Bonchev–Trinajstić information content (AvgIpc) is 3.05. The van der Waals surface area contributed by atoms with Crippen molar-refractivity contribution < 1.29 is 14.3 Å². The summed E-state index contributed by atoms with van der Waals surface area (Å²) in [6.45, 7) is 5.88. The van der Waals surface area contributed by atoms with Gasteiger partial charge in [0.15, 0.2) is 0 Å². The highest BCUT2D eigenvalue weighted by atomic mass is 35.5. The maximum Gasteiger partial charge on any atom is 0.255 e. The number of hydrogen-bond acceptors (Lipinski definition) is 6. The summed E-state index contributed by atoms with van der Waals surface area (Å²) in [5.74, 6) is 1.56. The summed E-state index contributed by atoms with van der Waals surface area (Å²) in [6, 6.07) is 9.90. The van der Waals surface area contributed by atoms with Gasteiger partial charge >= 0.3 is 0 Å². The number of hydrogen-bond donors (Lipinski definition) is 0. The van der Waals surface area contributed by atoms with Crippen molar-refractivity contribution in [2.75, 3.05) is 69.4 Å². The topological polar surface area (TPSA) is 58.1 Å². The second-order valence-electron chi connectivity index (χ2n) is 7.46. The van der Waals surface area contributed by atoms with Crippen LogP contribution < -0.4 is 14.5 Å². The molecule has 7 nitrogen and oxygen atoms in total. The lowest BCUT2D eigenvalue weighted by molar-refractivity contribution is 0.0302. The van der Waals surface area contributed by atoms with E-state index in [0.29, 0.717) is 36.9 Å². The number of halogens is 1. The predicted molar refractivity (Wildman–Crippen MR) is 118 cm³/mol. The minimum atomic E-state index is -0.0409. The van der Waals surface area contributed by atoms with Gasteiger partial charge in [-0.05, 0) is 36.8 Å². The first kappa shape index (κ1) is 20.8. The lowest BCUT2D eigenvalue weighted by Crippen LogP contribution is -2.40. The zero-order chi connectivity index (χ0) is 20.9. The fourth-order valence-electron chi connectivity index (χ4n) is 3.91. The number of carbonyl (C=O) groups is 1. The Morgan fingerprint density at radius 2 is 1.73 bits per heavy atom. The molecule has 0 saturated carbocycles. The first-order valence-electron chi connectivity index (χ1n) is 10.3. The number of nitrogens with zero attached hydrogens (tertiary/aromatic N) is 4. The molecule has 2 aromatic rings. The van der Waals surface area contributed by atoms with E-state index in [-0.39, 0.29) is 5.91 Å². The Bertz CT molecular complexity index is 871. The fourth-order valence-corrected chi connectivity index (χ4v) is 4.20. The highest BCUT2D eigenvalue weighted by Gasteiger charge is 2.22. The minimum absolute atomic E-state index is 0.0409. The number of methoxy groups -OCH3 is 1. The van der Waals surface area contributed by atoms with Crippen LogP contribution in [0.5, 0.6) is 5.75 Å². The van der Waals surface area contributed by atoms with Gasteiger partial charge in [0.25, 0.3) is 5.91 Å². The van der Waals surface area contributed by atoms with Gasteiger partial charge in [-0.25, -0.2) is 4.98 Å². The molecule has 0 radical (unpaired) electrons. The van der Waals surface area contributed by atoms with Gasteiger partial charge in [0.1, 0.15) is 11.6 Å². The molecule has 0 unspecified atom stereocenters. The number of morpholine rings is 1. The van der Waals surface area contributed by atoms with Crippen LogP contribution in [0.3, 0.4) is 0 Å². The minimum Gasteiger partial charge on any atom is -0.497 e. The van der Waals surface area contributed by atoms with Crippen LogP contribution in [0.1, 0.15) is 16.8 Å². The third-order valence-corrected chi connectivity index (χ3v) is 5.88. The van der Waals surface area contributed by atoms with Crippen molar-refractivity contribution in [1.29, 1.82) is 0 Å². The van der Waals surface area contributed by atoms with Gasteiger partial charge < -0.3 is 24.2 Å². The Kier molecular flexibility index (Phi) is 6.59. The van der Waals surface area contributed by atoms with E-state index < -0.39 is 0 Å². The second-order valence-corrected chi connectivity index (χ2v) is 7.87. The third kappa shape index (κ3) is 4.63. The number of pyridine rings is 1. The van der Waals surface area contributed by atoms with Crippen molar-refractivity contribution >= 4 is 29.0 Å². The first-order valence-corrected chi connectivity index (χ1v) is 10.7. The van der Waals surface area contributed by atoms with E-state index in [1.807, 2.05) is 12.1 Å². The Balaban J connectivity index is 1.43. The van der Waals surface area contributed by atoms with Gasteiger partial charge in [0, 0.05) is 51.2 Å². The molecule has 2 fully saturated rings. The van der Waals surface area contributed by atoms with Crippen LogP contribution in [0, 0.1) is 0 Å². The average molecular weight is 431 g/mol. The zero-order valence-electron chi connectivity index (χ0n) is 17.2. The highest BCUT2D eigenvalue weighted by molar-refractivity contribution is 6.33. The van der Waals surface area contributed by atoms with Crippen molar-refractivity contribution in [1.82, 2.24) is 9.88 Å². The molecule has 2 aliphatic rings. The van der Waals surface area contributed by atoms with Crippen molar-refractivity contribution in [3.05, 3.63) is 47.1 Å². The summed E-state index contributed by atoms with van der Waals surface area (Å²) in [4.78, 5) is 23.6. The number of ether oxygens (including phenoxy) is 2. The molecule has 0 aliphatic carbocycles. The quantitative estimate of drug-likeness (QED) is 0.743. The molecule has 4 rings (SSSR count). The molecule has 2 aliphatic heterocycles. The molecule has 160 valence electrons. The van der Waals surface area contributed by atoms with Gasteiger partial charge in [-0.1, -0.05) is 11.6 Å². The Hall–Kier alpha value is -2.51. The van der Waals surface area contributed by atoms with E-state index >= 15 is 0 Å². The lowest BCUT2D eigenvalue weighted by Gasteiger charge is -2.27. The van der Waals surface area contributed by atoms with E-state index in [4.69, 9.17) is 21.1 Å². The summed E-state index contributed by atoms with van der Waals surface area (Å²) in [5.41, 5.74) is 1.71. The van der Waals surface area contributed by atoms with E-state index in [2.05, 4.69) is 26.9 Å². The Morgan fingerprint density at radius 1 is 1.03 bits per heavy atom. The number of aromatic nitrogens is 1. The molecular formula is C22H27ClN4O3. The van der Waals surface area contributed by atoms with Gasteiger partial charge in [-0.3, -0.25) is 4.79 Å². The van der Waals surface area contributed by atoms with Crippen molar-refractivity contribution in [3.63, 3.8) is 0 Å². The summed E-state index contributed by atoms with van der Waals surface area (Å²) in [7, 11) is 1.68. The summed E-state index contributed by atoms with van der Waals surface area (Å²) < 4.78 is 10.6. The molecule has 0 spiro atoms. The highest BCUT2D eigenvalue weighted by Crippen LogP contribution is 2.27. The first-order chi connectivity index (χ1) is 14.7. The number of benzene rings is 1. The molecule has 1 aromatic heterocycles. The van der Waals surface area contributed by atoms with Crippen LogP contribution in [0.25, 0.3) is 0 Å². The Morgan fingerprint density at radius 3 is 2.43 bits per heavy atom. The van der Waals surface area contributed by atoms with Gasteiger partial charge in [-0.15, -0.1) is 0 Å². The lowest BCUT2D eigenvalue weighted by atomic mass is 10.2. The van der Waals surface area contributed by atoms with Gasteiger partial charge in [0.2, 0.25) is 0 Å². The van der Waals surface area contributed by atoms with Crippen LogP contribution in [0.4, 0.5) is 11.5 Å². The number of anilines is 2. The van der Waals surface area contributed by atoms with Crippen molar-refractivity contribution in [3.8, 4) is 5.75 Å². The van der Waals surface area contributed by atoms with Gasteiger partial charge in [-0.2, -0.15) is 0 Å². The van der Waals surface area contributed by atoms with Crippen molar-refractivity contribution in [2.45, 2.75) is 6.42 Å². The van der Waals surface area contributed by atoms with Crippen LogP contribution in [0.2, 0.25) is 5.02 Å². The monoisotopic (exact) mass is 430 g/mol. The molecule has 30 heavy (non-hydrogen) atoms. The summed E-state index contributed by atoms with van der Waals surface area (Å²) in [6.07, 6.45) is 2.64. The normalized spacial score (nSPS) is 17.6. The van der Waals surface area contributed by atoms with Gasteiger partial charge in [0.05, 0.1) is 30.9 Å². The smallest absolute Gasteiger partial charge is 0.255 e. The number of rotatable bonds is 4. The van der Waals surface area contributed by atoms with E-state index in [1.165, 1.54) is 5.69 Å². The van der Waals surface area contributed by atoms with E-state index in [1.54, 1.807) is 24.3 Å². The van der Waals surface area contributed by atoms with E-state index in [9.17, 15) is 4.79 Å². The largest absolute Gasteiger partial charge is 0.497 e. The molecule has 2 saturated heterocycles. The molecule has 1 aromatic carbocycles. The molecule has 3 heterocycles. The van der Waals surface area contributed by atoms with Crippen LogP contribution in [-0.4, -0.2) is 75.4 Å². The van der Waals surface area contributed by atoms with Crippen LogP contribution in [0.15, 0.2) is 36.5 Å². The standard InChI is InChI=1S/C22H27ClN4O3/c1-29-19-5-3-18(4-6-19)25-7-2-8-26(10-9-25)21-20(23)15-17(16-24-21)22(28)27-11-13-30-14-12-27/h3-6,15-16H,2,7-14H2,1H3. The third-order valence-electron chi connectivity index (χ3n) is 5.60. The molecule has 8 heteroatoms. The molecular weight excluding hydrogens is 404 g/mol. The second kappa shape index (κ2) is 9.53. The number of amides is 1. The Labute approximate surface area is 182 Å². The van der Waals surface area contributed by atoms with E-state index in [0.717, 1.165) is 44.2 Å². The van der Waals surface area contributed by atoms with Crippen LogP contribution >= 0.6 is 11.6 Å². The predicted octanol–water partition coefficient (Wildman–Crippen LogP) is 2.93. The van der Waals surface area contributed by atoms with Crippen molar-refractivity contribution in [2.24, 2.45) is 0 Å². The maximum atomic E-state index is 12.7. The molecule has 0 N–H and O–H groups in total. The summed E-state index contributed by atoms with van der Waals surface area (Å²) in [5, 5.41) is 0.520. The molecule has 0 bridgehead atoms.